The van der Waals surface area contributed by atoms with Gasteiger partial charge in [-0.3, -0.25) is 9.59 Å². The third-order valence-electron chi connectivity index (χ3n) is 10.0. The number of ketones is 2. The maximum Gasteiger partial charge on any atom is 0.407 e. The molecule has 1 heterocycles. The first-order chi connectivity index (χ1) is 15.4. The van der Waals surface area contributed by atoms with Gasteiger partial charge in [-0.25, -0.2) is 18.0 Å². The fourth-order valence-electron chi connectivity index (χ4n) is 8.55. The topological polar surface area (TPSA) is 94.9 Å². The molecule has 0 unspecified atom stereocenters. The highest BCUT2D eigenvalue weighted by Crippen LogP contribution is 2.74. The Labute approximate surface area is 189 Å². The van der Waals surface area contributed by atoms with Gasteiger partial charge in [0.25, 0.3) is 0 Å². The highest BCUT2D eigenvalue weighted by atomic mass is 19.1. The first-order valence-electron chi connectivity index (χ1n) is 11.4. The number of amides is 1. The summed E-state index contributed by atoms with van der Waals surface area (Å²) in [6.45, 7) is 1.73. The number of likely N-dealkylation sites (tertiary alicyclic amines) is 1. The number of aliphatic hydroxyl groups is 1. The second-order valence-electron chi connectivity index (χ2n) is 11.0. The van der Waals surface area contributed by atoms with E-state index in [1.807, 2.05) is 0 Å². The molecule has 6 nitrogen and oxygen atoms in total. The standard InChI is InChI=1S/C24H28F3NO5/c1-21-4-3-13(29)6-16(21)17(26)7-15-14-5-12-10-28(20(32)33)11-23(12,19(31)9-25)22(14,2)8-18(30)24(15,21)27/h3-4,6,12,14-15,17-18,30H,5,7-11H2,1-2H3,(H,32,33)/t12-,14-,15-,17-,18-,21-,22-,23+,24-/m0/s1. The number of carbonyl (C=O) groups is 3. The summed E-state index contributed by atoms with van der Waals surface area (Å²) in [5.41, 5.74) is -6.30. The van der Waals surface area contributed by atoms with Crippen LogP contribution in [-0.4, -0.2) is 70.5 Å². The van der Waals surface area contributed by atoms with E-state index in [0.717, 1.165) is 11.0 Å². The number of aliphatic hydroxyl groups excluding tert-OH is 1. The lowest BCUT2D eigenvalue weighted by molar-refractivity contribution is -0.211. The van der Waals surface area contributed by atoms with Crippen LogP contribution >= 0.6 is 0 Å². The summed E-state index contributed by atoms with van der Waals surface area (Å²) >= 11 is 0. The maximum atomic E-state index is 17.1. The zero-order valence-corrected chi connectivity index (χ0v) is 18.6. The number of hydrogen-bond donors (Lipinski definition) is 2. The van der Waals surface area contributed by atoms with Crippen molar-refractivity contribution >= 4 is 17.7 Å². The Bertz CT molecular complexity index is 1010. The highest BCUT2D eigenvalue weighted by Gasteiger charge is 2.78. The van der Waals surface area contributed by atoms with E-state index in [9.17, 15) is 29.0 Å². The SMILES string of the molecule is C[C@]12C=CC(=O)C=C1[C@@H](F)C[C@H]1[C@@H]3C[C@H]4CN(C(=O)O)C[C@@]4(C(=O)CF)[C@@]3(C)C[C@H](O)[C@@]12F. The Balaban J connectivity index is 1.64. The van der Waals surface area contributed by atoms with Crippen LogP contribution in [0.2, 0.25) is 0 Å². The fraction of sp³-hybridized carbons (Fsp3) is 0.708. The Morgan fingerprint density at radius 1 is 1.24 bits per heavy atom. The molecule has 33 heavy (non-hydrogen) atoms. The van der Waals surface area contributed by atoms with Gasteiger partial charge >= 0.3 is 6.09 Å². The van der Waals surface area contributed by atoms with E-state index >= 15 is 8.78 Å². The molecule has 1 aliphatic heterocycles. The molecule has 0 spiro atoms. The lowest BCUT2D eigenvalue weighted by Gasteiger charge is -2.63. The summed E-state index contributed by atoms with van der Waals surface area (Å²) in [6, 6.07) is 0. The molecule has 0 aromatic heterocycles. The van der Waals surface area contributed by atoms with Crippen molar-refractivity contribution in [1.82, 2.24) is 4.90 Å². The number of halogens is 3. The molecular formula is C24H28F3NO5. The molecule has 1 amide bonds. The van der Waals surface area contributed by atoms with Gasteiger partial charge < -0.3 is 15.1 Å². The summed E-state index contributed by atoms with van der Waals surface area (Å²) in [7, 11) is 0. The molecule has 0 aromatic rings. The predicted molar refractivity (Wildman–Crippen MR) is 111 cm³/mol. The van der Waals surface area contributed by atoms with E-state index in [-0.39, 0.29) is 37.9 Å². The maximum absolute atomic E-state index is 17.1. The molecule has 5 rings (SSSR count). The van der Waals surface area contributed by atoms with Crippen LogP contribution in [0.3, 0.4) is 0 Å². The third-order valence-corrected chi connectivity index (χ3v) is 10.0. The summed E-state index contributed by atoms with van der Waals surface area (Å²) in [5, 5.41) is 20.9. The Kier molecular flexibility index (Phi) is 4.60. The number of nitrogens with zero attached hydrogens (tertiary/aromatic N) is 1. The molecule has 4 fully saturated rings. The molecule has 4 aliphatic carbocycles. The number of Topliss-reactive ketones (excluding diaryl/α,β-unsaturated/α-hetero) is 1. The Morgan fingerprint density at radius 3 is 2.58 bits per heavy atom. The molecule has 0 bridgehead atoms. The summed E-state index contributed by atoms with van der Waals surface area (Å²) in [5.74, 6) is -3.23. The number of alkyl halides is 3. The fourth-order valence-corrected chi connectivity index (χ4v) is 8.55. The van der Waals surface area contributed by atoms with Crippen molar-refractivity contribution < 1.29 is 37.8 Å². The Morgan fingerprint density at radius 2 is 1.94 bits per heavy atom. The van der Waals surface area contributed by atoms with Crippen LogP contribution in [0.25, 0.3) is 0 Å². The number of fused-ring (bicyclic) bond motifs is 7. The van der Waals surface area contributed by atoms with E-state index in [2.05, 4.69) is 0 Å². The normalized spacial score (nSPS) is 50.2. The van der Waals surface area contributed by atoms with Gasteiger partial charge in [0, 0.05) is 24.4 Å². The molecule has 2 N–H and O–H groups in total. The minimum atomic E-state index is -2.28. The molecule has 9 heteroatoms. The second kappa shape index (κ2) is 6.71. The minimum Gasteiger partial charge on any atom is -0.465 e. The molecule has 0 radical (unpaired) electrons. The average Bonchev–Trinajstić information content (AvgIpc) is 3.25. The zero-order valence-electron chi connectivity index (χ0n) is 18.6. The van der Waals surface area contributed by atoms with Crippen molar-refractivity contribution in [3.63, 3.8) is 0 Å². The van der Waals surface area contributed by atoms with Gasteiger partial charge in [-0.1, -0.05) is 13.0 Å². The van der Waals surface area contributed by atoms with Crippen LogP contribution in [0, 0.1) is 34.0 Å². The number of hydrogen-bond acceptors (Lipinski definition) is 4. The van der Waals surface area contributed by atoms with Gasteiger partial charge in [0.1, 0.15) is 12.8 Å². The minimum absolute atomic E-state index is 0.0150. The summed E-state index contributed by atoms with van der Waals surface area (Å²) < 4.78 is 46.4. The quantitative estimate of drug-likeness (QED) is 0.651. The molecule has 3 saturated carbocycles. The van der Waals surface area contributed by atoms with Crippen LogP contribution in [0.15, 0.2) is 23.8 Å². The van der Waals surface area contributed by atoms with Gasteiger partial charge in [-0.2, -0.15) is 0 Å². The largest absolute Gasteiger partial charge is 0.465 e. The first kappa shape index (κ1) is 22.6. The molecule has 1 saturated heterocycles. The number of rotatable bonds is 2. The van der Waals surface area contributed by atoms with Crippen molar-refractivity contribution in [1.29, 1.82) is 0 Å². The van der Waals surface area contributed by atoms with Gasteiger partial charge in [0.05, 0.1) is 11.5 Å². The van der Waals surface area contributed by atoms with Gasteiger partial charge in [-0.05, 0) is 61.2 Å². The summed E-state index contributed by atoms with van der Waals surface area (Å²) in [4.78, 5) is 37.8. The van der Waals surface area contributed by atoms with Crippen LogP contribution in [0.1, 0.15) is 33.1 Å². The molecule has 180 valence electrons. The van der Waals surface area contributed by atoms with E-state index in [1.54, 1.807) is 6.92 Å². The molecule has 9 atom stereocenters. The van der Waals surface area contributed by atoms with Crippen molar-refractivity contribution in [3.05, 3.63) is 23.8 Å². The van der Waals surface area contributed by atoms with E-state index in [4.69, 9.17) is 0 Å². The van der Waals surface area contributed by atoms with E-state index in [0.29, 0.717) is 0 Å². The highest BCUT2D eigenvalue weighted by molar-refractivity contribution is 6.01. The van der Waals surface area contributed by atoms with Gasteiger partial charge in [-0.15, -0.1) is 0 Å². The Hall–Kier alpha value is -2.16. The number of allylic oxidation sites excluding steroid dienone is 4. The molecular weight excluding hydrogens is 439 g/mol. The smallest absolute Gasteiger partial charge is 0.407 e. The van der Waals surface area contributed by atoms with Crippen molar-refractivity contribution in [2.45, 2.75) is 51.1 Å². The van der Waals surface area contributed by atoms with Crippen LogP contribution < -0.4 is 0 Å². The van der Waals surface area contributed by atoms with Crippen molar-refractivity contribution in [2.24, 2.45) is 34.0 Å². The molecule has 0 aromatic carbocycles. The van der Waals surface area contributed by atoms with Gasteiger partial charge in [0.15, 0.2) is 17.2 Å². The van der Waals surface area contributed by atoms with Gasteiger partial charge in [0.2, 0.25) is 0 Å². The second-order valence-corrected chi connectivity index (χ2v) is 11.0. The average molecular weight is 467 g/mol. The van der Waals surface area contributed by atoms with Crippen LogP contribution in [-0.2, 0) is 9.59 Å². The zero-order chi connectivity index (χ0) is 24.1. The first-order valence-corrected chi connectivity index (χ1v) is 11.4. The summed E-state index contributed by atoms with van der Waals surface area (Å²) in [6.07, 6.45) is -0.950. The van der Waals surface area contributed by atoms with E-state index < -0.39 is 76.3 Å². The predicted octanol–water partition coefficient (Wildman–Crippen LogP) is 3.05. The van der Waals surface area contributed by atoms with Crippen LogP contribution in [0.5, 0.6) is 0 Å². The third kappa shape index (κ3) is 2.42. The van der Waals surface area contributed by atoms with Crippen molar-refractivity contribution in [3.8, 4) is 0 Å². The molecule has 5 aliphatic rings. The number of carboxylic acid groups (broad SMARTS) is 1. The van der Waals surface area contributed by atoms with Crippen LogP contribution in [0.4, 0.5) is 18.0 Å². The number of carbonyl (C=O) groups excluding carboxylic acids is 2. The monoisotopic (exact) mass is 467 g/mol. The van der Waals surface area contributed by atoms with Crippen molar-refractivity contribution in [2.75, 3.05) is 19.8 Å². The lowest BCUT2D eigenvalue weighted by atomic mass is 9.43. The van der Waals surface area contributed by atoms with E-state index in [1.165, 1.54) is 19.1 Å². The lowest BCUT2D eigenvalue weighted by Crippen LogP contribution is -2.69.